The molecule has 96 valence electrons. The van der Waals surface area contributed by atoms with Crippen LogP contribution in [0.15, 0.2) is 24.8 Å². The number of aromatic carboxylic acids is 1. The molecule has 0 fully saturated rings. The third-order valence-corrected chi connectivity index (χ3v) is 2.55. The fraction of sp³-hybridized carbons (Fsp3) is 0.308. The third-order valence-electron chi connectivity index (χ3n) is 2.55. The number of nitrogens with zero attached hydrogens (tertiary/aromatic N) is 2. The number of carboxylic acids is 1. The number of aromatic nitrogens is 1. The normalized spacial score (nSPS) is 9.89. The van der Waals surface area contributed by atoms with E-state index in [9.17, 15) is 9.59 Å². The van der Waals surface area contributed by atoms with Crippen LogP contribution in [0.3, 0.4) is 0 Å². The number of hydrogen-bond acceptors (Lipinski definition) is 3. The first-order valence-corrected chi connectivity index (χ1v) is 5.62. The van der Waals surface area contributed by atoms with E-state index in [2.05, 4.69) is 11.6 Å². The second-order valence-corrected chi connectivity index (χ2v) is 3.77. The molecule has 18 heavy (non-hydrogen) atoms. The smallest absolute Gasteiger partial charge is 0.337 e. The molecule has 0 aliphatic carbocycles. The lowest BCUT2D eigenvalue weighted by atomic mass is 10.2. The van der Waals surface area contributed by atoms with Gasteiger partial charge in [-0.3, -0.25) is 4.79 Å². The van der Waals surface area contributed by atoms with Crippen molar-refractivity contribution < 1.29 is 14.7 Å². The molecule has 0 aromatic carbocycles. The van der Waals surface area contributed by atoms with Crippen molar-refractivity contribution in [2.24, 2.45) is 0 Å². The molecule has 0 saturated heterocycles. The Morgan fingerprint density at radius 2 is 2.17 bits per heavy atom. The zero-order chi connectivity index (χ0) is 13.7. The van der Waals surface area contributed by atoms with Crippen LogP contribution in [0.5, 0.6) is 0 Å². The van der Waals surface area contributed by atoms with Crippen LogP contribution in [0.4, 0.5) is 0 Å². The minimum Gasteiger partial charge on any atom is -0.478 e. The van der Waals surface area contributed by atoms with Crippen LogP contribution in [0, 0.1) is 6.92 Å². The predicted octanol–water partition coefficient (Wildman–Crippen LogP) is 1.74. The van der Waals surface area contributed by atoms with E-state index in [0.717, 1.165) is 0 Å². The van der Waals surface area contributed by atoms with Crippen molar-refractivity contribution in [3.05, 3.63) is 41.7 Å². The summed E-state index contributed by atoms with van der Waals surface area (Å²) in [6, 6.07) is 2.84. The monoisotopic (exact) mass is 248 g/mol. The van der Waals surface area contributed by atoms with Crippen molar-refractivity contribution in [2.45, 2.75) is 13.8 Å². The van der Waals surface area contributed by atoms with Gasteiger partial charge in [-0.05, 0) is 26.0 Å². The molecule has 5 nitrogen and oxygen atoms in total. The molecule has 0 aliphatic heterocycles. The lowest BCUT2D eigenvalue weighted by molar-refractivity contribution is 0.0692. The highest BCUT2D eigenvalue weighted by molar-refractivity contribution is 5.94. The Morgan fingerprint density at radius 3 is 2.61 bits per heavy atom. The molecule has 1 aromatic rings. The molecule has 1 amide bonds. The number of hydrogen-bond donors (Lipinski definition) is 1. The first kappa shape index (κ1) is 13.9. The molecule has 0 radical (unpaired) electrons. The summed E-state index contributed by atoms with van der Waals surface area (Å²) in [6.45, 7) is 8.01. The molecule has 0 bridgehead atoms. The van der Waals surface area contributed by atoms with Crippen LogP contribution in [-0.4, -0.2) is 40.0 Å². The van der Waals surface area contributed by atoms with Gasteiger partial charge in [0.05, 0.1) is 11.3 Å². The van der Waals surface area contributed by atoms with E-state index in [1.54, 1.807) is 17.9 Å². The van der Waals surface area contributed by atoms with Gasteiger partial charge in [0.1, 0.15) is 5.69 Å². The molecule has 0 atom stereocenters. The van der Waals surface area contributed by atoms with Crippen molar-refractivity contribution in [3.63, 3.8) is 0 Å². The Morgan fingerprint density at radius 1 is 1.50 bits per heavy atom. The molecule has 1 N–H and O–H groups in total. The lowest BCUT2D eigenvalue weighted by Gasteiger charge is -2.18. The Labute approximate surface area is 106 Å². The number of likely N-dealkylation sites (N-methyl/N-ethyl adjacent to an activating group) is 1. The minimum atomic E-state index is -1.04. The van der Waals surface area contributed by atoms with Gasteiger partial charge in [0, 0.05) is 13.1 Å². The largest absolute Gasteiger partial charge is 0.478 e. The number of carboxylic acid groups (broad SMARTS) is 1. The number of rotatable bonds is 5. The van der Waals surface area contributed by atoms with E-state index in [1.807, 2.05) is 6.92 Å². The average Bonchev–Trinajstić information content (AvgIpc) is 2.34. The number of amides is 1. The number of aryl methyl sites for hydroxylation is 1. The lowest BCUT2D eigenvalue weighted by Crippen LogP contribution is -2.31. The van der Waals surface area contributed by atoms with Crippen molar-refractivity contribution in [3.8, 4) is 0 Å². The summed E-state index contributed by atoms with van der Waals surface area (Å²) in [5, 5.41) is 8.89. The van der Waals surface area contributed by atoms with Crippen molar-refractivity contribution >= 4 is 11.9 Å². The Bertz CT molecular complexity index is 483. The molecule has 5 heteroatoms. The molecule has 1 heterocycles. The summed E-state index contributed by atoms with van der Waals surface area (Å²) >= 11 is 0. The summed E-state index contributed by atoms with van der Waals surface area (Å²) in [7, 11) is 0. The highest BCUT2D eigenvalue weighted by atomic mass is 16.4. The minimum absolute atomic E-state index is 0.110. The van der Waals surface area contributed by atoms with Gasteiger partial charge < -0.3 is 10.0 Å². The standard InChI is InChI=1S/C13H16N2O3/c1-4-8-15(5-2)12(16)11-7-6-10(13(17)18)9(3)14-11/h4,6-7H,1,5,8H2,2-3H3,(H,17,18). The Hall–Kier alpha value is -2.17. The van der Waals surface area contributed by atoms with Gasteiger partial charge in [-0.2, -0.15) is 0 Å². The second kappa shape index (κ2) is 5.95. The zero-order valence-electron chi connectivity index (χ0n) is 10.5. The summed E-state index contributed by atoms with van der Waals surface area (Å²) in [4.78, 5) is 28.5. The van der Waals surface area contributed by atoms with Crippen LogP contribution < -0.4 is 0 Å². The van der Waals surface area contributed by atoms with Gasteiger partial charge in [-0.15, -0.1) is 6.58 Å². The van der Waals surface area contributed by atoms with Crippen LogP contribution in [-0.2, 0) is 0 Å². The van der Waals surface area contributed by atoms with E-state index in [1.165, 1.54) is 12.1 Å². The zero-order valence-corrected chi connectivity index (χ0v) is 10.5. The molecule has 0 aliphatic rings. The average molecular weight is 248 g/mol. The maximum atomic E-state index is 12.1. The summed E-state index contributed by atoms with van der Waals surface area (Å²) in [5.74, 6) is -1.27. The van der Waals surface area contributed by atoms with E-state index < -0.39 is 5.97 Å². The van der Waals surface area contributed by atoms with Crippen molar-refractivity contribution in [1.29, 1.82) is 0 Å². The Kier molecular flexibility index (Phi) is 4.59. The van der Waals surface area contributed by atoms with Crippen molar-refractivity contribution in [2.75, 3.05) is 13.1 Å². The second-order valence-electron chi connectivity index (χ2n) is 3.77. The van der Waals surface area contributed by atoms with Crippen molar-refractivity contribution in [1.82, 2.24) is 9.88 Å². The van der Waals surface area contributed by atoms with Crippen LogP contribution in [0.2, 0.25) is 0 Å². The van der Waals surface area contributed by atoms with E-state index in [-0.39, 0.29) is 17.2 Å². The summed E-state index contributed by atoms with van der Waals surface area (Å²) in [5.41, 5.74) is 0.697. The number of carbonyl (C=O) groups excluding carboxylic acids is 1. The van der Waals surface area contributed by atoms with Gasteiger partial charge in [0.2, 0.25) is 0 Å². The predicted molar refractivity (Wildman–Crippen MR) is 67.7 cm³/mol. The van der Waals surface area contributed by atoms with Gasteiger partial charge in [-0.1, -0.05) is 6.08 Å². The topological polar surface area (TPSA) is 70.5 Å². The molecule has 0 unspecified atom stereocenters. The van der Waals surface area contributed by atoms with Crippen LogP contribution in [0.1, 0.15) is 33.5 Å². The summed E-state index contributed by atoms with van der Waals surface area (Å²) < 4.78 is 0. The quantitative estimate of drug-likeness (QED) is 0.806. The molecule has 1 rings (SSSR count). The Balaban J connectivity index is 3.03. The van der Waals surface area contributed by atoms with Gasteiger partial charge in [-0.25, -0.2) is 9.78 Å². The van der Waals surface area contributed by atoms with E-state index >= 15 is 0 Å². The summed E-state index contributed by atoms with van der Waals surface area (Å²) in [6.07, 6.45) is 1.64. The van der Waals surface area contributed by atoms with Gasteiger partial charge in [0.15, 0.2) is 0 Å². The van der Waals surface area contributed by atoms with Gasteiger partial charge >= 0.3 is 5.97 Å². The molecule has 0 saturated carbocycles. The highest BCUT2D eigenvalue weighted by Crippen LogP contribution is 2.09. The van der Waals surface area contributed by atoms with E-state index in [4.69, 9.17) is 5.11 Å². The molecular formula is C13H16N2O3. The molecular weight excluding hydrogens is 232 g/mol. The fourth-order valence-electron chi connectivity index (χ4n) is 1.58. The van der Waals surface area contributed by atoms with Crippen LogP contribution in [0.25, 0.3) is 0 Å². The molecule has 0 spiro atoms. The number of pyridine rings is 1. The SMILES string of the molecule is C=CCN(CC)C(=O)c1ccc(C(=O)O)c(C)n1. The van der Waals surface area contributed by atoms with Gasteiger partial charge in [0.25, 0.3) is 5.91 Å². The maximum absolute atomic E-state index is 12.1. The highest BCUT2D eigenvalue weighted by Gasteiger charge is 2.16. The first-order chi connectivity index (χ1) is 8.51. The third kappa shape index (κ3) is 2.94. The molecule has 1 aromatic heterocycles. The first-order valence-electron chi connectivity index (χ1n) is 5.62. The maximum Gasteiger partial charge on any atom is 0.337 e. The van der Waals surface area contributed by atoms with Crippen LogP contribution >= 0.6 is 0 Å². The van der Waals surface area contributed by atoms with E-state index in [0.29, 0.717) is 18.8 Å². The fourth-order valence-corrected chi connectivity index (χ4v) is 1.58. The number of carbonyl (C=O) groups is 2.